The summed E-state index contributed by atoms with van der Waals surface area (Å²) in [5.74, 6) is 0.575. The second kappa shape index (κ2) is 11.0. The Labute approximate surface area is 209 Å². The van der Waals surface area contributed by atoms with Gasteiger partial charge in [-0.25, -0.2) is 4.79 Å². The van der Waals surface area contributed by atoms with Gasteiger partial charge >= 0.3 is 5.97 Å². The SMILES string of the molecule is CCCCCOc1ccc(C2C(C#N)=C(N)Oc3cc(OC(=O)c4ccc(Cl)cc4)ccc32)cc1. The Morgan fingerprint density at radius 2 is 1.77 bits per heavy atom. The Kier molecular flexibility index (Phi) is 7.59. The van der Waals surface area contributed by atoms with Gasteiger partial charge in [0.15, 0.2) is 0 Å². The van der Waals surface area contributed by atoms with Crippen molar-refractivity contribution in [2.45, 2.75) is 32.1 Å². The number of fused-ring (bicyclic) bond motifs is 1. The summed E-state index contributed by atoms with van der Waals surface area (Å²) in [6.07, 6.45) is 3.27. The van der Waals surface area contributed by atoms with Gasteiger partial charge < -0.3 is 19.9 Å². The molecule has 1 heterocycles. The smallest absolute Gasteiger partial charge is 0.343 e. The lowest BCUT2D eigenvalue weighted by atomic mass is 9.83. The summed E-state index contributed by atoms with van der Waals surface area (Å²) in [5, 5.41) is 10.3. The number of rotatable bonds is 8. The lowest BCUT2D eigenvalue weighted by Crippen LogP contribution is -2.21. The maximum Gasteiger partial charge on any atom is 0.343 e. The van der Waals surface area contributed by atoms with Crippen LogP contribution in [0.25, 0.3) is 0 Å². The molecule has 0 amide bonds. The van der Waals surface area contributed by atoms with Crippen LogP contribution >= 0.6 is 11.6 Å². The maximum absolute atomic E-state index is 12.5. The number of ether oxygens (including phenoxy) is 3. The van der Waals surface area contributed by atoms with Crippen LogP contribution in [0.3, 0.4) is 0 Å². The van der Waals surface area contributed by atoms with E-state index in [1.165, 1.54) is 0 Å². The molecule has 0 radical (unpaired) electrons. The van der Waals surface area contributed by atoms with E-state index in [1.807, 2.05) is 24.3 Å². The van der Waals surface area contributed by atoms with Crippen molar-refractivity contribution in [3.05, 3.63) is 99.9 Å². The van der Waals surface area contributed by atoms with Gasteiger partial charge in [0.25, 0.3) is 0 Å². The van der Waals surface area contributed by atoms with E-state index < -0.39 is 11.9 Å². The van der Waals surface area contributed by atoms with Gasteiger partial charge in [0.1, 0.15) is 28.9 Å². The van der Waals surface area contributed by atoms with Crippen LogP contribution in [-0.2, 0) is 0 Å². The van der Waals surface area contributed by atoms with Crippen molar-refractivity contribution in [1.29, 1.82) is 5.26 Å². The lowest BCUT2D eigenvalue weighted by Gasteiger charge is -2.26. The Morgan fingerprint density at radius 3 is 2.46 bits per heavy atom. The Balaban J connectivity index is 1.57. The molecule has 178 valence electrons. The van der Waals surface area contributed by atoms with Crippen molar-refractivity contribution >= 4 is 17.6 Å². The first kappa shape index (κ1) is 24.2. The number of esters is 1. The van der Waals surface area contributed by atoms with Crippen molar-refractivity contribution < 1.29 is 19.0 Å². The van der Waals surface area contributed by atoms with Crippen molar-refractivity contribution in [2.75, 3.05) is 6.61 Å². The Hall–Kier alpha value is -3.95. The molecule has 1 aliphatic rings. The van der Waals surface area contributed by atoms with E-state index in [2.05, 4.69) is 13.0 Å². The molecule has 0 saturated carbocycles. The molecule has 0 fully saturated rings. The summed E-state index contributed by atoms with van der Waals surface area (Å²) in [6, 6.07) is 21.3. The van der Waals surface area contributed by atoms with Crippen molar-refractivity contribution in [3.63, 3.8) is 0 Å². The molecule has 6 nitrogen and oxygen atoms in total. The molecule has 1 unspecified atom stereocenters. The highest BCUT2D eigenvalue weighted by Gasteiger charge is 2.31. The molecule has 1 aliphatic heterocycles. The van der Waals surface area contributed by atoms with E-state index in [0.29, 0.717) is 34.3 Å². The van der Waals surface area contributed by atoms with Gasteiger partial charge in [-0.3, -0.25) is 0 Å². The second-order valence-electron chi connectivity index (χ2n) is 8.15. The molecule has 0 aliphatic carbocycles. The standard InChI is InChI=1S/C28H25ClN2O4/c1-2-3-4-15-33-21-11-7-18(8-12-21)26-23-14-13-22(16-25(23)35-27(31)24(26)17-30)34-28(32)19-5-9-20(29)10-6-19/h5-14,16,26H,2-4,15,31H2,1H3. The number of allylic oxidation sites excluding steroid dienone is 1. The number of halogens is 1. The number of unbranched alkanes of at least 4 members (excludes halogenated alkanes) is 2. The summed E-state index contributed by atoms with van der Waals surface area (Å²) in [7, 11) is 0. The number of nitriles is 1. The molecular weight excluding hydrogens is 464 g/mol. The topological polar surface area (TPSA) is 94.6 Å². The second-order valence-corrected chi connectivity index (χ2v) is 8.58. The fourth-order valence-electron chi connectivity index (χ4n) is 3.89. The number of carbonyl (C=O) groups excluding carboxylic acids is 1. The first-order chi connectivity index (χ1) is 17.0. The number of carbonyl (C=O) groups is 1. The highest BCUT2D eigenvalue weighted by molar-refractivity contribution is 6.30. The van der Waals surface area contributed by atoms with Crippen LogP contribution in [0.1, 0.15) is 53.6 Å². The summed E-state index contributed by atoms with van der Waals surface area (Å²) in [4.78, 5) is 12.5. The molecule has 7 heteroatoms. The molecule has 0 saturated heterocycles. The van der Waals surface area contributed by atoms with E-state index in [4.69, 9.17) is 31.5 Å². The van der Waals surface area contributed by atoms with E-state index in [-0.39, 0.29) is 5.88 Å². The van der Waals surface area contributed by atoms with Crippen LogP contribution in [-0.4, -0.2) is 12.6 Å². The van der Waals surface area contributed by atoms with Gasteiger partial charge in [-0.15, -0.1) is 0 Å². The highest BCUT2D eigenvalue weighted by Crippen LogP contribution is 2.43. The highest BCUT2D eigenvalue weighted by atomic mass is 35.5. The van der Waals surface area contributed by atoms with Crippen LogP contribution in [0.2, 0.25) is 5.02 Å². The van der Waals surface area contributed by atoms with Crippen molar-refractivity contribution in [2.24, 2.45) is 5.73 Å². The fraction of sp³-hybridized carbons (Fsp3) is 0.214. The van der Waals surface area contributed by atoms with E-state index >= 15 is 0 Å². The lowest BCUT2D eigenvalue weighted by molar-refractivity contribution is 0.0734. The van der Waals surface area contributed by atoms with Crippen molar-refractivity contribution in [1.82, 2.24) is 0 Å². The molecule has 0 aromatic heterocycles. The van der Waals surface area contributed by atoms with Crippen molar-refractivity contribution in [3.8, 4) is 23.3 Å². The molecule has 0 spiro atoms. The third-order valence-electron chi connectivity index (χ3n) is 5.71. The number of benzene rings is 3. The minimum absolute atomic E-state index is 0.0195. The van der Waals surface area contributed by atoms with E-state index in [9.17, 15) is 10.1 Å². The minimum atomic E-state index is -0.523. The van der Waals surface area contributed by atoms with E-state index in [1.54, 1.807) is 42.5 Å². The van der Waals surface area contributed by atoms with Crippen LogP contribution in [0.5, 0.6) is 17.2 Å². The predicted octanol–water partition coefficient (Wildman–Crippen LogP) is 6.35. The van der Waals surface area contributed by atoms with Crippen LogP contribution in [0.15, 0.2) is 78.2 Å². The van der Waals surface area contributed by atoms with Gasteiger partial charge in [-0.2, -0.15) is 5.26 Å². The largest absolute Gasteiger partial charge is 0.494 e. The summed E-state index contributed by atoms with van der Waals surface area (Å²) in [6.45, 7) is 2.82. The summed E-state index contributed by atoms with van der Waals surface area (Å²) < 4.78 is 17.0. The zero-order chi connectivity index (χ0) is 24.8. The van der Waals surface area contributed by atoms with Crippen LogP contribution in [0, 0.1) is 11.3 Å². The first-order valence-electron chi connectivity index (χ1n) is 11.4. The van der Waals surface area contributed by atoms with Gasteiger partial charge in [0, 0.05) is 16.7 Å². The average Bonchev–Trinajstić information content (AvgIpc) is 2.86. The number of nitrogens with two attached hydrogens (primary N) is 1. The monoisotopic (exact) mass is 488 g/mol. The third kappa shape index (κ3) is 5.59. The molecule has 4 rings (SSSR count). The molecule has 2 N–H and O–H groups in total. The molecule has 35 heavy (non-hydrogen) atoms. The number of hydrogen-bond acceptors (Lipinski definition) is 6. The molecule has 1 atom stereocenters. The fourth-order valence-corrected chi connectivity index (χ4v) is 4.02. The van der Waals surface area contributed by atoms with Gasteiger partial charge in [-0.1, -0.05) is 49.6 Å². The summed E-state index contributed by atoms with van der Waals surface area (Å²) >= 11 is 5.89. The minimum Gasteiger partial charge on any atom is -0.494 e. The number of nitrogens with zero attached hydrogens (tertiary/aromatic N) is 1. The molecule has 3 aromatic carbocycles. The summed E-state index contributed by atoms with van der Waals surface area (Å²) in [5.41, 5.74) is 8.42. The molecular formula is C28H25ClN2O4. The quantitative estimate of drug-likeness (QED) is 0.225. The van der Waals surface area contributed by atoms with Gasteiger partial charge in [0.2, 0.25) is 5.88 Å². The zero-order valence-corrected chi connectivity index (χ0v) is 20.0. The number of hydrogen-bond donors (Lipinski definition) is 1. The third-order valence-corrected chi connectivity index (χ3v) is 5.96. The first-order valence-corrected chi connectivity index (χ1v) is 11.8. The molecule has 3 aromatic rings. The maximum atomic E-state index is 12.5. The Morgan fingerprint density at radius 1 is 1.06 bits per heavy atom. The predicted molar refractivity (Wildman–Crippen MR) is 134 cm³/mol. The van der Waals surface area contributed by atoms with Crippen LogP contribution < -0.4 is 19.9 Å². The normalized spacial score (nSPS) is 14.5. The molecule has 0 bridgehead atoms. The average molecular weight is 489 g/mol. The zero-order valence-electron chi connectivity index (χ0n) is 19.3. The van der Waals surface area contributed by atoms with Gasteiger partial charge in [-0.05, 0) is 54.4 Å². The van der Waals surface area contributed by atoms with Gasteiger partial charge in [0.05, 0.1) is 18.1 Å². The Bertz CT molecular complexity index is 1280. The van der Waals surface area contributed by atoms with E-state index in [0.717, 1.165) is 36.1 Å². The van der Waals surface area contributed by atoms with Crippen LogP contribution in [0.4, 0.5) is 0 Å².